The number of nitrogens with zero attached hydrogens (tertiary/aromatic N) is 1. The van der Waals surface area contributed by atoms with E-state index in [0.29, 0.717) is 30.0 Å². The molecule has 0 saturated carbocycles. The lowest BCUT2D eigenvalue weighted by Gasteiger charge is -2.22. The maximum Gasteiger partial charge on any atom is 0.168 e. The van der Waals surface area contributed by atoms with E-state index in [2.05, 4.69) is 4.99 Å². The van der Waals surface area contributed by atoms with Crippen LogP contribution in [-0.4, -0.2) is 17.1 Å². The molecule has 0 spiro atoms. The SMILES string of the molecule is O=C1CC(c2ccccc2)CC(O)=C1C=NCc1ccccc1Cl. The second-order valence-electron chi connectivity index (χ2n) is 5.86. The lowest BCUT2D eigenvalue weighted by atomic mass is 9.83. The average Bonchev–Trinajstić information content (AvgIpc) is 2.59. The van der Waals surface area contributed by atoms with Crippen LogP contribution in [0.1, 0.15) is 29.9 Å². The van der Waals surface area contributed by atoms with Crippen molar-refractivity contribution < 1.29 is 9.90 Å². The molecule has 0 aliphatic heterocycles. The lowest BCUT2D eigenvalue weighted by Crippen LogP contribution is -2.19. The normalized spacial score (nSPS) is 18.4. The number of carbonyl (C=O) groups is 1. The van der Waals surface area contributed by atoms with Gasteiger partial charge in [-0.2, -0.15) is 0 Å². The Kier molecular flexibility index (Phi) is 5.11. The Bertz CT molecular complexity index is 796. The number of aliphatic hydroxyl groups is 1. The van der Waals surface area contributed by atoms with Crippen molar-refractivity contribution in [2.24, 2.45) is 4.99 Å². The topological polar surface area (TPSA) is 49.7 Å². The zero-order valence-corrected chi connectivity index (χ0v) is 13.9. The molecule has 3 nitrogen and oxygen atoms in total. The second kappa shape index (κ2) is 7.45. The van der Waals surface area contributed by atoms with Crippen LogP contribution in [0.25, 0.3) is 0 Å². The molecule has 0 fully saturated rings. The molecule has 1 unspecified atom stereocenters. The van der Waals surface area contributed by atoms with Crippen LogP contribution in [0.4, 0.5) is 0 Å². The second-order valence-corrected chi connectivity index (χ2v) is 6.27. The van der Waals surface area contributed by atoms with E-state index >= 15 is 0 Å². The number of allylic oxidation sites excluding steroid dienone is 2. The van der Waals surface area contributed by atoms with Crippen LogP contribution >= 0.6 is 11.6 Å². The number of aliphatic imine (C=N–C) groups is 1. The predicted molar refractivity (Wildman–Crippen MR) is 96.7 cm³/mol. The summed E-state index contributed by atoms with van der Waals surface area (Å²) < 4.78 is 0. The van der Waals surface area contributed by atoms with Gasteiger partial charge in [0.25, 0.3) is 0 Å². The summed E-state index contributed by atoms with van der Waals surface area (Å²) in [6, 6.07) is 17.3. The summed E-state index contributed by atoms with van der Waals surface area (Å²) in [5.74, 6) is 0.0675. The van der Waals surface area contributed by atoms with Crippen molar-refractivity contribution in [1.29, 1.82) is 0 Å². The van der Waals surface area contributed by atoms with E-state index in [1.54, 1.807) is 6.07 Å². The highest BCUT2D eigenvalue weighted by Gasteiger charge is 2.27. The first-order valence-electron chi connectivity index (χ1n) is 7.88. The number of halogens is 1. The number of ketones is 1. The molecule has 2 aromatic rings. The van der Waals surface area contributed by atoms with Crippen LogP contribution in [0.15, 0.2) is 70.9 Å². The fraction of sp³-hybridized carbons (Fsp3) is 0.200. The van der Waals surface area contributed by atoms with E-state index in [1.165, 1.54) is 6.21 Å². The fourth-order valence-electron chi connectivity index (χ4n) is 2.88. The maximum atomic E-state index is 12.4. The van der Waals surface area contributed by atoms with Gasteiger partial charge in [0.2, 0.25) is 0 Å². The molecule has 1 N–H and O–H groups in total. The molecular weight excluding hydrogens is 322 g/mol. The minimum absolute atomic E-state index is 0.0272. The van der Waals surface area contributed by atoms with Crippen molar-refractivity contribution in [1.82, 2.24) is 0 Å². The van der Waals surface area contributed by atoms with E-state index in [0.717, 1.165) is 11.1 Å². The van der Waals surface area contributed by atoms with Crippen LogP contribution in [0.2, 0.25) is 5.02 Å². The molecule has 0 saturated heterocycles. The Balaban J connectivity index is 1.73. The Morgan fingerprint density at radius 1 is 1.08 bits per heavy atom. The van der Waals surface area contributed by atoms with Crippen molar-refractivity contribution in [2.75, 3.05) is 0 Å². The highest BCUT2D eigenvalue weighted by atomic mass is 35.5. The van der Waals surface area contributed by atoms with E-state index in [-0.39, 0.29) is 17.5 Å². The molecule has 0 aromatic heterocycles. The Morgan fingerprint density at radius 2 is 1.79 bits per heavy atom. The van der Waals surface area contributed by atoms with Gasteiger partial charge in [-0.3, -0.25) is 9.79 Å². The van der Waals surface area contributed by atoms with Crippen molar-refractivity contribution >= 4 is 23.6 Å². The third kappa shape index (κ3) is 3.74. The minimum Gasteiger partial charge on any atom is -0.511 e. The molecule has 0 radical (unpaired) electrons. The Morgan fingerprint density at radius 3 is 2.50 bits per heavy atom. The number of hydrogen-bond donors (Lipinski definition) is 1. The summed E-state index contributed by atoms with van der Waals surface area (Å²) in [6.45, 7) is 0.381. The van der Waals surface area contributed by atoms with Crippen LogP contribution in [-0.2, 0) is 11.3 Å². The number of aliphatic hydroxyl groups excluding tert-OH is 1. The van der Waals surface area contributed by atoms with E-state index < -0.39 is 0 Å². The first kappa shape index (κ1) is 16.5. The zero-order chi connectivity index (χ0) is 16.9. The molecule has 0 heterocycles. The van der Waals surface area contributed by atoms with Crippen LogP contribution in [0.3, 0.4) is 0 Å². The number of Topliss-reactive ketones (excluding diaryl/α,β-unsaturated/α-hetero) is 1. The molecule has 1 aliphatic carbocycles. The average molecular weight is 340 g/mol. The van der Waals surface area contributed by atoms with E-state index in [4.69, 9.17) is 11.6 Å². The largest absolute Gasteiger partial charge is 0.511 e. The zero-order valence-electron chi connectivity index (χ0n) is 13.2. The Hall–Kier alpha value is -2.39. The van der Waals surface area contributed by atoms with Gasteiger partial charge in [-0.15, -0.1) is 0 Å². The van der Waals surface area contributed by atoms with Gasteiger partial charge in [-0.1, -0.05) is 60.1 Å². The highest BCUT2D eigenvalue weighted by Crippen LogP contribution is 2.32. The monoisotopic (exact) mass is 339 g/mol. The molecule has 1 aliphatic rings. The van der Waals surface area contributed by atoms with E-state index in [1.807, 2.05) is 48.5 Å². The van der Waals surface area contributed by atoms with Gasteiger partial charge < -0.3 is 5.11 Å². The van der Waals surface area contributed by atoms with Gasteiger partial charge in [-0.25, -0.2) is 0 Å². The van der Waals surface area contributed by atoms with Gasteiger partial charge >= 0.3 is 0 Å². The number of benzene rings is 2. The van der Waals surface area contributed by atoms with Crippen molar-refractivity contribution in [3.05, 3.63) is 82.1 Å². The number of carbonyl (C=O) groups excluding carboxylic acids is 1. The first-order valence-corrected chi connectivity index (χ1v) is 8.26. The molecule has 2 aromatic carbocycles. The lowest BCUT2D eigenvalue weighted by molar-refractivity contribution is -0.116. The molecule has 0 amide bonds. The fourth-order valence-corrected chi connectivity index (χ4v) is 3.08. The third-order valence-corrected chi connectivity index (χ3v) is 4.56. The summed E-state index contributed by atoms with van der Waals surface area (Å²) in [6.07, 6.45) is 2.33. The third-order valence-electron chi connectivity index (χ3n) is 4.19. The van der Waals surface area contributed by atoms with Gasteiger partial charge in [0.05, 0.1) is 12.1 Å². The standard InChI is InChI=1S/C20H18ClNO2/c21-18-9-5-4-8-15(18)12-22-13-17-19(23)10-16(11-20(17)24)14-6-2-1-3-7-14/h1-9,13,16,23H,10-12H2. The molecule has 122 valence electrons. The molecular formula is C20H18ClNO2. The minimum atomic E-state index is -0.0736. The quantitative estimate of drug-likeness (QED) is 0.808. The van der Waals surface area contributed by atoms with Gasteiger partial charge in [0.1, 0.15) is 5.76 Å². The summed E-state index contributed by atoms with van der Waals surface area (Å²) >= 11 is 6.09. The van der Waals surface area contributed by atoms with Crippen molar-refractivity contribution in [2.45, 2.75) is 25.3 Å². The van der Waals surface area contributed by atoms with Crippen molar-refractivity contribution in [3.63, 3.8) is 0 Å². The predicted octanol–water partition coefficient (Wildman–Crippen LogP) is 4.87. The number of rotatable bonds is 4. The summed E-state index contributed by atoms with van der Waals surface area (Å²) in [5.41, 5.74) is 2.28. The molecule has 3 rings (SSSR count). The number of hydrogen-bond acceptors (Lipinski definition) is 3. The van der Waals surface area contributed by atoms with Gasteiger partial charge in [-0.05, 0) is 23.1 Å². The highest BCUT2D eigenvalue weighted by molar-refractivity contribution is 6.31. The summed E-state index contributed by atoms with van der Waals surface area (Å²) in [5, 5.41) is 10.9. The van der Waals surface area contributed by atoms with Gasteiger partial charge in [0.15, 0.2) is 5.78 Å². The Labute approximate surface area is 146 Å². The summed E-state index contributed by atoms with van der Waals surface area (Å²) in [7, 11) is 0. The first-order chi connectivity index (χ1) is 11.6. The van der Waals surface area contributed by atoms with Crippen LogP contribution in [0.5, 0.6) is 0 Å². The van der Waals surface area contributed by atoms with Gasteiger partial charge in [0, 0.05) is 24.1 Å². The molecule has 4 heteroatoms. The smallest absolute Gasteiger partial charge is 0.168 e. The molecule has 24 heavy (non-hydrogen) atoms. The van der Waals surface area contributed by atoms with Crippen LogP contribution in [0, 0.1) is 0 Å². The van der Waals surface area contributed by atoms with Crippen LogP contribution < -0.4 is 0 Å². The van der Waals surface area contributed by atoms with Crippen molar-refractivity contribution in [3.8, 4) is 0 Å². The maximum absolute atomic E-state index is 12.4. The molecule has 1 atom stereocenters. The summed E-state index contributed by atoms with van der Waals surface area (Å²) in [4.78, 5) is 16.6. The van der Waals surface area contributed by atoms with E-state index in [9.17, 15) is 9.90 Å². The molecule has 0 bridgehead atoms.